The summed E-state index contributed by atoms with van der Waals surface area (Å²) in [6.45, 7) is 7.23. The number of carbonyl (C=O) groups excluding carboxylic acids is 1. The third-order valence-corrected chi connectivity index (χ3v) is 4.98. The molecule has 0 aliphatic carbocycles. The van der Waals surface area contributed by atoms with Gasteiger partial charge in [0.15, 0.2) is 0 Å². The second-order valence-electron chi connectivity index (χ2n) is 7.27. The van der Waals surface area contributed by atoms with Crippen LogP contribution in [-0.4, -0.2) is 43.7 Å². The van der Waals surface area contributed by atoms with Crippen molar-refractivity contribution in [3.63, 3.8) is 0 Å². The zero-order chi connectivity index (χ0) is 17.3. The number of rotatable bonds is 14. The van der Waals surface area contributed by atoms with Crippen molar-refractivity contribution in [3.05, 3.63) is 0 Å². The van der Waals surface area contributed by atoms with Crippen molar-refractivity contribution in [3.8, 4) is 0 Å². The minimum Gasteiger partial charge on any atom is -0.338 e. The molecule has 0 radical (unpaired) electrons. The highest BCUT2D eigenvalue weighted by Gasteiger charge is 2.09. The molecule has 4 nitrogen and oxygen atoms in total. The van der Waals surface area contributed by atoms with Gasteiger partial charge in [-0.15, -0.1) is 0 Å². The van der Waals surface area contributed by atoms with Gasteiger partial charge >= 0.3 is 6.03 Å². The first-order chi connectivity index (χ1) is 11.8. The molecule has 2 N–H and O–H groups in total. The summed E-state index contributed by atoms with van der Waals surface area (Å²) in [5.41, 5.74) is 0. The van der Waals surface area contributed by atoms with E-state index in [1.54, 1.807) is 0 Å². The van der Waals surface area contributed by atoms with Crippen molar-refractivity contribution in [1.29, 1.82) is 0 Å². The van der Waals surface area contributed by atoms with Crippen LogP contribution in [0.15, 0.2) is 0 Å². The third-order valence-electron chi connectivity index (χ3n) is 4.98. The number of urea groups is 1. The molecule has 1 aliphatic rings. The number of unbranched alkanes of at least 4 members (excludes halogenated alkanes) is 9. The van der Waals surface area contributed by atoms with Gasteiger partial charge in [-0.1, -0.05) is 71.1 Å². The summed E-state index contributed by atoms with van der Waals surface area (Å²) in [7, 11) is 0. The minimum absolute atomic E-state index is 0.00272. The Balaban J connectivity index is 1.77. The Morgan fingerprint density at radius 3 is 1.92 bits per heavy atom. The average molecular weight is 340 g/mol. The van der Waals surface area contributed by atoms with Crippen molar-refractivity contribution in [2.45, 2.75) is 90.4 Å². The zero-order valence-corrected chi connectivity index (χ0v) is 16.1. The Labute approximate surface area is 150 Å². The Kier molecular flexibility index (Phi) is 14.0. The summed E-state index contributed by atoms with van der Waals surface area (Å²) in [5.74, 6) is 0. The van der Waals surface area contributed by atoms with Gasteiger partial charge in [0, 0.05) is 19.6 Å². The molecule has 0 aromatic rings. The number of carbonyl (C=O) groups is 1. The van der Waals surface area contributed by atoms with E-state index < -0.39 is 0 Å². The summed E-state index contributed by atoms with van der Waals surface area (Å²) in [6, 6.07) is 0.00272. The Morgan fingerprint density at radius 2 is 1.29 bits per heavy atom. The van der Waals surface area contributed by atoms with E-state index in [1.807, 2.05) is 0 Å². The molecule has 1 saturated heterocycles. The quantitative estimate of drug-likeness (QED) is 0.451. The molecular formula is C20H41N3O. The van der Waals surface area contributed by atoms with Gasteiger partial charge in [-0.3, -0.25) is 0 Å². The maximum absolute atomic E-state index is 11.7. The normalized spacial score (nSPS) is 15.4. The van der Waals surface area contributed by atoms with Crippen LogP contribution < -0.4 is 10.6 Å². The standard InChI is InChI=1S/C20H41N3O/c1-2-3-4-5-6-7-8-9-10-12-15-21-20(24)22-16-19-23-17-13-11-14-18-23/h2-19H2,1H3,(H2,21,22,24). The van der Waals surface area contributed by atoms with Crippen LogP contribution in [0.4, 0.5) is 4.79 Å². The highest BCUT2D eigenvalue weighted by atomic mass is 16.2. The SMILES string of the molecule is CCCCCCCCCCCCNC(=O)NCCN1CCCCC1. The zero-order valence-electron chi connectivity index (χ0n) is 16.1. The molecule has 1 aliphatic heterocycles. The molecule has 0 bridgehead atoms. The Hall–Kier alpha value is -0.770. The molecule has 0 spiro atoms. The van der Waals surface area contributed by atoms with E-state index in [-0.39, 0.29) is 6.03 Å². The fraction of sp³-hybridized carbons (Fsp3) is 0.950. The molecule has 24 heavy (non-hydrogen) atoms. The summed E-state index contributed by atoms with van der Waals surface area (Å²) in [6.07, 6.45) is 17.3. The molecule has 0 aromatic carbocycles. The van der Waals surface area contributed by atoms with Crippen molar-refractivity contribution < 1.29 is 4.79 Å². The van der Waals surface area contributed by atoms with Crippen molar-refractivity contribution in [2.24, 2.45) is 0 Å². The molecule has 1 heterocycles. The Bertz CT molecular complexity index is 291. The molecule has 2 amide bonds. The van der Waals surface area contributed by atoms with Crippen LogP contribution in [0.1, 0.15) is 90.4 Å². The fourth-order valence-corrected chi connectivity index (χ4v) is 3.39. The molecule has 0 saturated carbocycles. The van der Waals surface area contributed by atoms with Gasteiger partial charge < -0.3 is 15.5 Å². The lowest BCUT2D eigenvalue weighted by Crippen LogP contribution is -2.41. The molecule has 1 rings (SSSR count). The summed E-state index contributed by atoms with van der Waals surface area (Å²) < 4.78 is 0. The van der Waals surface area contributed by atoms with E-state index in [0.29, 0.717) is 0 Å². The molecule has 0 aromatic heterocycles. The van der Waals surface area contributed by atoms with E-state index in [1.165, 1.54) is 90.1 Å². The molecule has 142 valence electrons. The first-order valence-corrected chi connectivity index (χ1v) is 10.6. The number of hydrogen-bond donors (Lipinski definition) is 2. The van der Waals surface area contributed by atoms with Gasteiger partial charge in [0.25, 0.3) is 0 Å². The molecule has 4 heteroatoms. The van der Waals surface area contributed by atoms with E-state index >= 15 is 0 Å². The summed E-state index contributed by atoms with van der Waals surface area (Å²) in [5, 5.41) is 5.95. The van der Waals surface area contributed by atoms with Crippen LogP contribution in [0.5, 0.6) is 0 Å². The highest BCUT2D eigenvalue weighted by Crippen LogP contribution is 2.10. The van der Waals surface area contributed by atoms with E-state index in [4.69, 9.17) is 0 Å². The van der Waals surface area contributed by atoms with Crippen LogP contribution in [0, 0.1) is 0 Å². The van der Waals surface area contributed by atoms with Crippen LogP contribution in [-0.2, 0) is 0 Å². The second kappa shape index (κ2) is 15.7. The first kappa shape index (κ1) is 21.3. The predicted molar refractivity (Wildman–Crippen MR) is 104 cm³/mol. The smallest absolute Gasteiger partial charge is 0.314 e. The van der Waals surface area contributed by atoms with Crippen LogP contribution in [0.2, 0.25) is 0 Å². The largest absolute Gasteiger partial charge is 0.338 e. The van der Waals surface area contributed by atoms with Gasteiger partial charge in [0.2, 0.25) is 0 Å². The van der Waals surface area contributed by atoms with Gasteiger partial charge in [-0.25, -0.2) is 4.79 Å². The number of likely N-dealkylation sites (tertiary alicyclic amines) is 1. The van der Waals surface area contributed by atoms with Gasteiger partial charge in [0.05, 0.1) is 0 Å². The second-order valence-corrected chi connectivity index (χ2v) is 7.27. The maximum atomic E-state index is 11.7. The van der Waals surface area contributed by atoms with Crippen LogP contribution in [0.3, 0.4) is 0 Å². The number of nitrogens with one attached hydrogen (secondary N) is 2. The fourth-order valence-electron chi connectivity index (χ4n) is 3.39. The van der Waals surface area contributed by atoms with E-state index in [9.17, 15) is 4.79 Å². The lowest BCUT2D eigenvalue weighted by atomic mass is 10.1. The molecule has 1 fully saturated rings. The highest BCUT2D eigenvalue weighted by molar-refractivity contribution is 5.73. The maximum Gasteiger partial charge on any atom is 0.314 e. The Morgan fingerprint density at radius 1 is 0.750 bits per heavy atom. The van der Waals surface area contributed by atoms with Gasteiger partial charge in [0.1, 0.15) is 0 Å². The van der Waals surface area contributed by atoms with E-state index in [2.05, 4.69) is 22.5 Å². The summed E-state index contributed by atoms with van der Waals surface area (Å²) in [4.78, 5) is 14.2. The number of piperidine rings is 1. The predicted octanol–water partition coefficient (Wildman–Crippen LogP) is 4.69. The number of hydrogen-bond acceptors (Lipinski definition) is 2. The van der Waals surface area contributed by atoms with Crippen molar-refractivity contribution >= 4 is 6.03 Å². The van der Waals surface area contributed by atoms with Gasteiger partial charge in [-0.2, -0.15) is 0 Å². The lowest BCUT2D eigenvalue weighted by molar-refractivity contribution is 0.220. The van der Waals surface area contributed by atoms with Crippen molar-refractivity contribution in [2.75, 3.05) is 32.7 Å². The monoisotopic (exact) mass is 339 g/mol. The minimum atomic E-state index is 0.00272. The average Bonchev–Trinajstić information content (AvgIpc) is 2.60. The van der Waals surface area contributed by atoms with Crippen LogP contribution in [0.25, 0.3) is 0 Å². The molecule has 0 unspecified atom stereocenters. The molecule has 0 atom stereocenters. The van der Waals surface area contributed by atoms with Crippen LogP contribution >= 0.6 is 0 Å². The van der Waals surface area contributed by atoms with E-state index in [0.717, 1.165) is 26.1 Å². The summed E-state index contributed by atoms with van der Waals surface area (Å²) >= 11 is 0. The number of nitrogens with zero attached hydrogens (tertiary/aromatic N) is 1. The topological polar surface area (TPSA) is 44.4 Å². The number of amides is 2. The molecular weight excluding hydrogens is 298 g/mol. The first-order valence-electron chi connectivity index (χ1n) is 10.6. The van der Waals surface area contributed by atoms with Gasteiger partial charge in [-0.05, 0) is 32.4 Å². The lowest BCUT2D eigenvalue weighted by Gasteiger charge is -2.26. The third kappa shape index (κ3) is 12.6. The van der Waals surface area contributed by atoms with Crippen molar-refractivity contribution in [1.82, 2.24) is 15.5 Å².